The van der Waals surface area contributed by atoms with Crippen LogP contribution in [0.1, 0.15) is 17.2 Å². The van der Waals surface area contributed by atoms with E-state index in [-0.39, 0.29) is 6.10 Å². The van der Waals surface area contributed by atoms with Crippen molar-refractivity contribution >= 4 is 27.9 Å². The van der Waals surface area contributed by atoms with Crippen LogP contribution in [-0.4, -0.2) is 4.98 Å². The summed E-state index contributed by atoms with van der Waals surface area (Å²) < 4.78 is 6.22. The summed E-state index contributed by atoms with van der Waals surface area (Å²) in [6.45, 7) is 0. The van der Waals surface area contributed by atoms with Gasteiger partial charge in [-0.2, -0.15) is 0 Å². The lowest BCUT2D eigenvalue weighted by Gasteiger charge is -2.22. The van der Waals surface area contributed by atoms with Gasteiger partial charge in [0.15, 0.2) is 0 Å². The van der Waals surface area contributed by atoms with Gasteiger partial charge in [-0.15, -0.1) is 0 Å². The summed E-state index contributed by atoms with van der Waals surface area (Å²) in [7, 11) is 0. The summed E-state index contributed by atoms with van der Waals surface area (Å²) in [6, 6.07) is 22.9. The first-order valence-corrected chi connectivity index (χ1v) is 7.83. The molecular weight excluding hydrogens is 282 g/mol. The summed E-state index contributed by atoms with van der Waals surface area (Å²) in [4.78, 5) is 3.53. The second-order valence-electron chi connectivity index (χ2n) is 5.88. The van der Waals surface area contributed by atoms with Crippen LogP contribution in [0.4, 0.5) is 0 Å². The van der Waals surface area contributed by atoms with Gasteiger partial charge < -0.3 is 9.72 Å². The first-order valence-electron chi connectivity index (χ1n) is 7.83. The maximum Gasteiger partial charge on any atom is 0.142 e. The molecule has 4 aromatic rings. The number of hydrogen-bond acceptors (Lipinski definition) is 1. The molecule has 0 amide bonds. The van der Waals surface area contributed by atoms with E-state index in [4.69, 9.17) is 4.74 Å². The highest BCUT2D eigenvalue weighted by Gasteiger charge is 2.19. The molecule has 2 heteroatoms. The largest absolute Gasteiger partial charge is 0.481 e. The molecule has 1 N–H and O–H groups in total. The molecule has 0 bridgehead atoms. The lowest BCUT2D eigenvalue weighted by Crippen LogP contribution is -2.08. The smallest absolute Gasteiger partial charge is 0.142 e. The van der Waals surface area contributed by atoms with Gasteiger partial charge in [-0.3, -0.25) is 0 Å². The minimum Gasteiger partial charge on any atom is -0.481 e. The van der Waals surface area contributed by atoms with E-state index in [9.17, 15) is 0 Å². The molecule has 5 rings (SSSR count). The average Bonchev–Trinajstić information content (AvgIpc) is 3.01. The molecule has 2 heterocycles. The average molecular weight is 297 g/mol. The van der Waals surface area contributed by atoms with E-state index in [1.165, 1.54) is 16.3 Å². The normalized spacial score (nSPS) is 16.4. The molecule has 0 fully saturated rings. The maximum absolute atomic E-state index is 6.22. The first kappa shape index (κ1) is 12.5. The van der Waals surface area contributed by atoms with Crippen molar-refractivity contribution in [2.24, 2.45) is 0 Å². The van der Waals surface area contributed by atoms with Crippen LogP contribution in [-0.2, 0) is 0 Å². The van der Waals surface area contributed by atoms with Gasteiger partial charge in [-0.25, -0.2) is 0 Å². The van der Waals surface area contributed by atoms with Crippen LogP contribution in [0, 0.1) is 0 Å². The Morgan fingerprint density at radius 2 is 1.61 bits per heavy atom. The molecule has 0 radical (unpaired) electrons. The number of nitrogens with one attached hydrogen (secondary N) is 1. The topological polar surface area (TPSA) is 25.0 Å². The SMILES string of the molecule is C1=CC(c2ccccc2)Oc2ccc3c([nH]c4ccccc43)c21. The summed E-state index contributed by atoms with van der Waals surface area (Å²) in [6.07, 6.45) is 4.28. The highest BCUT2D eigenvalue weighted by molar-refractivity contribution is 6.10. The lowest BCUT2D eigenvalue weighted by atomic mass is 10.0. The van der Waals surface area contributed by atoms with Crippen LogP contribution in [0.5, 0.6) is 5.75 Å². The van der Waals surface area contributed by atoms with Gasteiger partial charge in [0.1, 0.15) is 11.9 Å². The van der Waals surface area contributed by atoms with E-state index in [1.54, 1.807) is 0 Å². The highest BCUT2D eigenvalue weighted by Crippen LogP contribution is 2.38. The molecule has 0 saturated heterocycles. The van der Waals surface area contributed by atoms with Gasteiger partial charge in [0.2, 0.25) is 0 Å². The van der Waals surface area contributed by atoms with Crippen molar-refractivity contribution in [1.29, 1.82) is 0 Å². The Morgan fingerprint density at radius 3 is 2.52 bits per heavy atom. The second kappa shape index (κ2) is 4.75. The minimum atomic E-state index is -0.0227. The fourth-order valence-electron chi connectivity index (χ4n) is 3.37. The van der Waals surface area contributed by atoms with Gasteiger partial charge in [0.25, 0.3) is 0 Å². The number of hydrogen-bond donors (Lipinski definition) is 1. The monoisotopic (exact) mass is 297 g/mol. The Morgan fingerprint density at radius 1 is 0.783 bits per heavy atom. The van der Waals surface area contributed by atoms with Gasteiger partial charge in [0, 0.05) is 21.9 Å². The number of aromatic amines is 1. The van der Waals surface area contributed by atoms with Crippen molar-refractivity contribution < 1.29 is 4.74 Å². The van der Waals surface area contributed by atoms with Crippen LogP contribution in [0.3, 0.4) is 0 Å². The molecule has 1 aromatic heterocycles. The van der Waals surface area contributed by atoms with Crippen LogP contribution >= 0.6 is 0 Å². The van der Waals surface area contributed by atoms with Gasteiger partial charge >= 0.3 is 0 Å². The molecule has 1 aliphatic heterocycles. The third kappa shape index (κ3) is 1.88. The third-order valence-electron chi connectivity index (χ3n) is 4.50. The molecule has 0 spiro atoms. The quantitative estimate of drug-likeness (QED) is 0.495. The van der Waals surface area contributed by atoms with Crippen molar-refractivity contribution in [3.05, 3.63) is 83.9 Å². The number of rotatable bonds is 1. The zero-order valence-corrected chi connectivity index (χ0v) is 12.5. The Balaban J connectivity index is 1.67. The summed E-state index contributed by atoms with van der Waals surface area (Å²) in [5.74, 6) is 0.931. The molecule has 2 nitrogen and oxygen atoms in total. The summed E-state index contributed by atoms with van der Waals surface area (Å²) in [5.41, 5.74) is 4.61. The number of aromatic nitrogens is 1. The van der Waals surface area contributed by atoms with Gasteiger partial charge in [-0.05, 0) is 35.9 Å². The number of para-hydroxylation sites is 1. The van der Waals surface area contributed by atoms with Crippen molar-refractivity contribution in [2.75, 3.05) is 0 Å². The van der Waals surface area contributed by atoms with Crippen LogP contribution < -0.4 is 4.74 Å². The Kier molecular flexibility index (Phi) is 2.59. The Bertz CT molecular complexity index is 1040. The van der Waals surface area contributed by atoms with Crippen LogP contribution in [0.25, 0.3) is 27.9 Å². The predicted octanol–water partition coefficient (Wildman–Crippen LogP) is 5.47. The first-order chi connectivity index (χ1) is 11.4. The molecule has 0 saturated carbocycles. The number of ether oxygens (including phenoxy) is 1. The standard InChI is InChI=1S/C21H15NO/c1-2-6-14(7-3-1)19-12-11-17-20(23-19)13-10-16-15-8-4-5-9-18(15)22-21(16)17/h1-13,19,22H. The molecule has 1 atom stereocenters. The molecular formula is C21H15NO. The molecule has 1 unspecified atom stereocenters. The molecule has 3 aromatic carbocycles. The third-order valence-corrected chi connectivity index (χ3v) is 4.50. The number of H-pyrrole nitrogens is 1. The van der Waals surface area contributed by atoms with Gasteiger partial charge in [0.05, 0.1) is 5.52 Å². The van der Waals surface area contributed by atoms with E-state index in [0.717, 1.165) is 22.3 Å². The van der Waals surface area contributed by atoms with Crippen molar-refractivity contribution in [1.82, 2.24) is 4.98 Å². The molecule has 110 valence electrons. The zero-order chi connectivity index (χ0) is 15.2. The van der Waals surface area contributed by atoms with E-state index >= 15 is 0 Å². The van der Waals surface area contributed by atoms with E-state index in [0.29, 0.717) is 0 Å². The molecule has 23 heavy (non-hydrogen) atoms. The minimum absolute atomic E-state index is 0.0227. The zero-order valence-electron chi connectivity index (χ0n) is 12.5. The van der Waals surface area contributed by atoms with Gasteiger partial charge in [-0.1, -0.05) is 48.5 Å². The Labute approximate surface area is 134 Å². The van der Waals surface area contributed by atoms with E-state index < -0.39 is 0 Å². The molecule has 1 aliphatic rings. The molecule has 0 aliphatic carbocycles. The van der Waals surface area contributed by atoms with Crippen LogP contribution in [0.2, 0.25) is 0 Å². The van der Waals surface area contributed by atoms with E-state index in [1.807, 2.05) is 18.2 Å². The Hall–Kier alpha value is -3.00. The summed E-state index contributed by atoms with van der Waals surface area (Å²) >= 11 is 0. The van der Waals surface area contributed by atoms with Crippen molar-refractivity contribution in [2.45, 2.75) is 6.10 Å². The highest BCUT2D eigenvalue weighted by atomic mass is 16.5. The number of fused-ring (bicyclic) bond motifs is 5. The second-order valence-corrected chi connectivity index (χ2v) is 5.88. The fraction of sp³-hybridized carbons (Fsp3) is 0.0476. The number of benzene rings is 3. The lowest BCUT2D eigenvalue weighted by molar-refractivity contribution is 0.252. The van der Waals surface area contributed by atoms with Crippen molar-refractivity contribution in [3.63, 3.8) is 0 Å². The predicted molar refractivity (Wildman–Crippen MR) is 94.6 cm³/mol. The van der Waals surface area contributed by atoms with Crippen LogP contribution in [0.15, 0.2) is 72.8 Å². The van der Waals surface area contributed by atoms with Crippen molar-refractivity contribution in [3.8, 4) is 5.75 Å². The van der Waals surface area contributed by atoms with E-state index in [2.05, 4.69) is 65.7 Å². The fourth-order valence-corrected chi connectivity index (χ4v) is 3.37. The summed E-state index contributed by atoms with van der Waals surface area (Å²) in [5, 5.41) is 2.50. The maximum atomic E-state index is 6.22.